The molecule has 1 amide bonds. The van der Waals surface area contributed by atoms with Gasteiger partial charge in [0.05, 0.1) is 23.6 Å². The number of hydrogen-bond donors (Lipinski definition) is 1. The van der Waals surface area contributed by atoms with E-state index in [1.807, 2.05) is 0 Å². The number of piperidine rings is 1. The summed E-state index contributed by atoms with van der Waals surface area (Å²) < 4.78 is 38.6. The second-order valence-corrected chi connectivity index (χ2v) is 7.95. The van der Waals surface area contributed by atoms with Crippen LogP contribution in [-0.2, 0) is 11.0 Å². The molecule has 0 saturated carbocycles. The summed E-state index contributed by atoms with van der Waals surface area (Å²) in [5, 5.41) is 11.3. The summed E-state index contributed by atoms with van der Waals surface area (Å²) in [7, 11) is 0. The molecule has 1 aromatic carbocycles. The number of carbonyl (C=O) groups is 1. The van der Waals surface area contributed by atoms with Crippen LogP contribution >= 0.6 is 0 Å². The zero-order valence-electron chi connectivity index (χ0n) is 16.4. The molecule has 2 aliphatic rings. The number of amides is 1. The molecule has 1 unspecified atom stereocenters. The highest BCUT2D eigenvalue weighted by Gasteiger charge is 2.34. The first-order valence-corrected chi connectivity index (χ1v) is 9.87. The quantitative estimate of drug-likeness (QED) is 0.599. The van der Waals surface area contributed by atoms with Crippen LogP contribution in [0.1, 0.15) is 25.3 Å². The first-order valence-electron chi connectivity index (χ1n) is 9.87. The first kappa shape index (κ1) is 21.4. The van der Waals surface area contributed by atoms with Crippen molar-refractivity contribution in [3.63, 3.8) is 0 Å². The summed E-state index contributed by atoms with van der Waals surface area (Å²) in [6, 6.07) is 2.59. The molecule has 3 rings (SSSR count). The molecule has 7 nitrogen and oxygen atoms in total. The molecule has 2 aliphatic heterocycles. The minimum absolute atomic E-state index is 0.0654. The zero-order chi connectivity index (χ0) is 21.2. The Morgan fingerprint density at radius 1 is 1.28 bits per heavy atom. The highest BCUT2D eigenvalue weighted by Crippen LogP contribution is 2.36. The number of alkyl halides is 3. The number of benzene rings is 1. The third kappa shape index (κ3) is 5.17. The lowest BCUT2D eigenvalue weighted by Gasteiger charge is -2.36. The fourth-order valence-electron chi connectivity index (χ4n) is 4.19. The van der Waals surface area contributed by atoms with E-state index in [0.29, 0.717) is 44.7 Å². The fraction of sp³-hybridized carbons (Fsp3) is 0.632. The predicted octanol–water partition coefficient (Wildman–Crippen LogP) is 1.58. The zero-order valence-corrected chi connectivity index (χ0v) is 16.4. The summed E-state index contributed by atoms with van der Waals surface area (Å²) >= 11 is 0. The molecular weight excluding hydrogens is 389 g/mol. The van der Waals surface area contributed by atoms with Gasteiger partial charge in [-0.3, -0.25) is 14.9 Å². The highest BCUT2D eigenvalue weighted by atomic mass is 19.4. The van der Waals surface area contributed by atoms with E-state index in [2.05, 4.69) is 6.92 Å². The van der Waals surface area contributed by atoms with Crippen LogP contribution in [0.5, 0.6) is 0 Å². The number of nitro groups is 1. The standard InChI is InChI=1S/C19H25F3N4O3/c1-14-3-2-6-23(12-14)13-18(27)25-9-7-24(8-10-25)16-5-4-15(19(20,21)22)11-17(16)26(28)29/h4-5,11,14H,2-3,6-10,12-13H2,1H3/p+1/t14-/m0/s1. The van der Waals surface area contributed by atoms with Crippen molar-refractivity contribution in [1.82, 2.24) is 4.90 Å². The summed E-state index contributed by atoms with van der Waals surface area (Å²) in [5.74, 6) is 0.680. The van der Waals surface area contributed by atoms with E-state index in [9.17, 15) is 28.1 Å². The molecule has 160 valence electrons. The number of nitrogens with zero attached hydrogens (tertiary/aromatic N) is 3. The van der Waals surface area contributed by atoms with Crippen molar-refractivity contribution in [1.29, 1.82) is 0 Å². The van der Waals surface area contributed by atoms with Gasteiger partial charge in [-0.2, -0.15) is 13.2 Å². The number of carbonyl (C=O) groups excluding carboxylic acids is 1. The van der Waals surface area contributed by atoms with Gasteiger partial charge in [-0.1, -0.05) is 6.92 Å². The van der Waals surface area contributed by atoms with E-state index >= 15 is 0 Å². The van der Waals surface area contributed by atoms with Crippen LogP contribution < -0.4 is 9.80 Å². The van der Waals surface area contributed by atoms with Gasteiger partial charge in [0.25, 0.3) is 11.6 Å². The van der Waals surface area contributed by atoms with Crippen LogP contribution in [0.4, 0.5) is 24.5 Å². The third-order valence-electron chi connectivity index (χ3n) is 5.74. The molecule has 2 fully saturated rings. The van der Waals surface area contributed by atoms with Gasteiger partial charge >= 0.3 is 6.18 Å². The molecule has 1 N–H and O–H groups in total. The van der Waals surface area contributed by atoms with Crippen molar-refractivity contribution in [2.45, 2.75) is 25.9 Å². The van der Waals surface area contributed by atoms with Crippen molar-refractivity contribution >= 4 is 17.3 Å². The average Bonchev–Trinajstić information content (AvgIpc) is 2.67. The minimum atomic E-state index is -4.64. The smallest absolute Gasteiger partial charge is 0.362 e. The Morgan fingerprint density at radius 2 is 1.97 bits per heavy atom. The Labute approximate surface area is 167 Å². The molecule has 29 heavy (non-hydrogen) atoms. The number of nitro benzene ring substituents is 1. The Hall–Kier alpha value is -2.36. The van der Waals surface area contributed by atoms with E-state index in [1.165, 1.54) is 11.3 Å². The van der Waals surface area contributed by atoms with Crippen LogP contribution in [0.2, 0.25) is 0 Å². The van der Waals surface area contributed by atoms with Crippen LogP contribution in [0, 0.1) is 16.0 Å². The van der Waals surface area contributed by atoms with Crippen molar-refractivity contribution in [3.05, 3.63) is 33.9 Å². The molecule has 0 radical (unpaired) electrons. The van der Waals surface area contributed by atoms with Crippen LogP contribution in [-0.4, -0.2) is 61.5 Å². The third-order valence-corrected chi connectivity index (χ3v) is 5.74. The van der Waals surface area contributed by atoms with Gasteiger partial charge in [0.15, 0.2) is 6.54 Å². The maximum absolute atomic E-state index is 12.9. The molecule has 2 saturated heterocycles. The number of rotatable bonds is 4. The summed E-state index contributed by atoms with van der Waals surface area (Å²) in [6.45, 7) is 6.13. The van der Waals surface area contributed by atoms with Crippen molar-refractivity contribution in [2.24, 2.45) is 5.92 Å². The Bertz CT molecular complexity index is 764. The number of hydrogen-bond acceptors (Lipinski definition) is 4. The van der Waals surface area contributed by atoms with Crippen LogP contribution in [0.3, 0.4) is 0 Å². The lowest BCUT2D eigenvalue weighted by molar-refractivity contribution is -0.900. The predicted molar refractivity (Wildman–Crippen MR) is 101 cm³/mol. The molecule has 0 aromatic heterocycles. The van der Waals surface area contributed by atoms with E-state index in [-0.39, 0.29) is 11.6 Å². The van der Waals surface area contributed by atoms with Gasteiger partial charge in [0.2, 0.25) is 0 Å². The fourth-order valence-corrected chi connectivity index (χ4v) is 4.19. The second kappa shape index (κ2) is 8.56. The topological polar surface area (TPSA) is 71.1 Å². The van der Waals surface area contributed by atoms with Crippen molar-refractivity contribution in [2.75, 3.05) is 50.7 Å². The highest BCUT2D eigenvalue weighted by molar-refractivity contribution is 5.77. The van der Waals surface area contributed by atoms with E-state index in [1.54, 1.807) is 9.80 Å². The van der Waals surface area contributed by atoms with E-state index < -0.39 is 22.4 Å². The van der Waals surface area contributed by atoms with Gasteiger partial charge in [0.1, 0.15) is 5.69 Å². The molecule has 1 aromatic rings. The molecule has 0 spiro atoms. The molecule has 2 atom stereocenters. The first-order chi connectivity index (χ1) is 13.6. The SMILES string of the molecule is C[C@H]1CCC[NH+](CC(=O)N2CCN(c3ccc(C(F)(F)F)cc3[N+](=O)[O-])CC2)C1. The molecule has 0 bridgehead atoms. The number of nitrogens with one attached hydrogen (secondary N) is 1. The van der Waals surface area contributed by atoms with Crippen molar-refractivity contribution in [3.8, 4) is 0 Å². The number of anilines is 1. The molecule has 0 aliphatic carbocycles. The maximum atomic E-state index is 12.9. The Morgan fingerprint density at radius 3 is 2.55 bits per heavy atom. The molecule has 10 heteroatoms. The van der Waals surface area contributed by atoms with E-state index in [4.69, 9.17) is 0 Å². The number of halogens is 3. The monoisotopic (exact) mass is 415 g/mol. The van der Waals surface area contributed by atoms with Gasteiger partial charge in [0, 0.05) is 38.2 Å². The number of quaternary nitrogens is 1. The van der Waals surface area contributed by atoms with Gasteiger partial charge in [-0.15, -0.1) is 0 Å². The molecular formula is C19H26F3N4O3+. The lowest BCUT2D eigenvalue weighted by Crippen LogP contribution is -3.14. The van der Waals surface area contributed by atoms with Gasteiger partial charge in [-0.25, -0.2) is 0 Å². The Kier molecular flexibility index (Phi) is 6.30. The average molecular weight is 415 g/mol. The normalized spacial score (nSPS) is 23.2. The van der Waals surface area contributed by atoms with E-state index in [0.717, 1.165) is 31.6 Å². The van der Waals surface area contributed by atoms with Gasteiger partial charge in [-0.05, 0) is 25.0 Å². The Balaban J connectivity index is 1.63. The van der Waals surface area contributed by atoms with Gasteiger partial charge < -0.3 is 14.7 Å². The van der Waals surface area contributed by atoms with Crippen LogP contribution in [0.25, 0.3) is 0 Å². The lowest BCUT2D eigenvalue weighted by atomic mass is 10.0. The number of piperazine rings is 1. The van der Waals surface area contributed by atoms with Crippen LogP contribution in [0.15, 0.2) is 18.2 Å². The largest absolute Gasteiger partial charge is 0.416 e. The summed E-state index contributed by atoms with van der Waals surface area (Å²) in [4.78, 5) is 27.8. The number of likely N-dealkylation sites (tertiary alicyclic amines) is 1. The molecule has 2 heterocycles. The minimum Gasteiger partial charge on any atom is -0.362 e. The second-order valence-electron chi connectivity index (χ2n) is 7.95. The van der Waals surface area contributed by atoms with Crippen molar-refractivity contribution < 1.29 is 27.8 Å². The maximum Gasteiger partial charge on any atom is 0.416 e. The summed E-state index contributed by atoms with van der Waals surface area (Å²) in [5.41, 5.74) is -1.45. The summed E-state index contributed by atoms with van der Waals surface area (Å²) in [6.07, 6.45) is -2.32.